The molecule has 5 aromatic rings. The number of nitrogens with zero attached hydrogens (tertiary/aromatic N) is 1. The minimum Gasteiger partial charge on any atom is -0.496 e. The number of para-hydroxylation sites is 1. The van der Waals surface area contributed by atoms with Gasteiger partial charge >= 0.3 is 0 Å². The Hall–Kier alpha value is -3.99. The zero-order valence-electron chi connectivity index (χ0n) is 17.5. The Kier molecular flexibility index (Phi) is 4.51. The van der Waals surface area contributed by atoms with Crippen LogP contribution in [0.4, 0.5) is 0 Å². The lowest BCUT2D eigenvalue weighted by atomic mass is 10.00. The van der Waals surface area contributed by atoms with Crippen molar-refractivity contribution in [3.05, 3.63) is 72.8 Å². The minimum atomic E-state index is -0.0831. The molecule has 5 rings (SSSR count). The molecule has 0 unspecified atom stereocenters. The predicted octanol–water partition coefficient (Wildman–Crippen LogP) is 6.40. The number of ether oxygens (including phenoxy) is 2. The first-order chi connectivity index (χ1) is 15.1. The minimum absolute atomic E-state index is 0.0831. The molecule has 3 aromatic carbocycles. The van der Waals surface area contributed by atoms with Crippen LogP contribution in [-0.4, -0.2) is 24.7 Å². The molecule has 31 heavy (non-hydrogen) atoms. The highest BCUT2D eigenvalue weighted by Crippen LogP contribution is 2.47. The molecule has 0 saturated heterocycles. The van der Waals surface area contributed by atoms with Crippen LogP contribution >= 0.6 is 0 Å². The van der Waals surface area contributed by atoms with Crippen molar-refractivity contribution in [3.8, 4) is 34.1 Å². The Morgan fingerprint density at radius 3 is 2.35 bits per heavy atom. The molecule has 0 radical (unpaired) electrons. The number of fused-ring (bicyclic) bond motifs is 2. The lowest BCUT2D eigenvalue weighted by Crippen LogP contribution is -2.06. The molecule has 0 amide bonds. The first-order valence-corrected chi connectivity index (χ1v) is 9.98. The van der Waals surface area contributed by atoms with Gasteiger partial charge in [0.1, 0.15) is 17.1 Å². The van der Waals surface area contributed by atoms with E-state index in [0.717, 1.165) is 27.4 Å². The summed E-state index contributed by atoms with van der Waals surface area (Å²) < 4.78 is 19.2. The maximum Gasteiger partial charge on any atom is 0.228 e. The zero-order chi connectivity index (χ0) is 21.5. The summed E-state index contributed by atoms with van der Waals surface area (Å²) >= 11 is 0. The number of aromatic nitrogens is 1. The fourth-order valence-corrected chi connectivity index (χ4v) is 4.17. The third-order valence-electron chi connectivity index (χ3n) is 5.50. The summed E-state index contributed by atoms with van der Waals surface area (Å²) in [6.07, 6.45) is 0. The molecule has 0 aliphatic carbocycles. The number of hydrogen-bond acceptors (Lipinski definition) is 4. The number of rotatable bonds is 4. The lowest BCUT2D eigenvalue weighted by molar-refractivity contribution is 0.0943. The maximum atomic E-state index is 12.7. The van der Waals surface area contributed by atoms with Crippen molar-refractivity contribution < 1.29 is 18.7 Å². The first-order valence-electron chi connectivity index (χ1n) is 9.98. The highest BCUT2D eigenvalue weighted by atomic mass is 16.5. The predicted molar refractivity (Wildman–Crippen MR) is 122 cm³/mol. The second-order valence-corrected chi connectivity index (χ2v) is 7.32. The van der Waals surface area contributed by atoms with Crippen LogP contribution in [0, 0.1) is 0 Å². The van der Waals surface area contributed by atoms with Gasteiger partial charge in [0, 0.05) is 30.0 Å². The number of carbonyl (C=O) groups is 1. The standard InChI is InChI=1S/C26H21NO4/c1-16(28)27-20-12-8-7-11-18(20)13-21(27)26-24(17-9-5-4-6-10-17)25-22(30-3)14-19(29-2)15-23(25)31-26/h4-15H,1-3H3. The van der Waals surface area contributed by atoms with Gasteiger partial charge in [0.25, 0.3) is 0 Å². The van der Waals surface area contributed by atoms with Gasteiger partial charge in [-0.25, -0.2) is 0 Å². The van der Waals surface area contributed by atoms with Crippen molar-refractivity contribution in [2.45, 2.75) is 6.92 Å². The van der Waals surface area contributed by atoms with Gasteiger partial charge in [-0.1, -0.05) is 48.5 Å². The van der Waals surface area contributed by atoms with Crippen molar-refractivity contribution in [1.29, 1.82) is 0 Å². The molecule has 2 aromatic heterocycles. The quantitative estimate of drug-likeness (QED) is 0.343. The van der Waals surface area contributed by atoms with Gasteiger partial charge in [-0.3, -0.25) is 9.36 Å². The van der Waals surface area contributed by atoms with Crippen LogP contribution in [0.2, 0.25) is 0 Å². The molecule has 0 aliphatic heterocycles. The smallest absolute Gasteiger partial charge is 0.228 e. The maximum absolute atomic E-state index is 12.7. The Morgan fingerprint density at radius 2 is 1.65 bits per heavy atom. The van der Waals surface area contributed by atoms with E-state index in [2.05, 4.69) is 0 Å². The highest BCUT2D eigenvalue weighted by Gasteiger charge is 2.25. The van der Waals surface area contributed by atoms with Gasteiger partial charge in [-0.05, 0) is 17.7 Å². The second-order valence-electron chi connectivity index (χ2n) is 7.32. The summed E-state index contributed by atoms with van der Waals surface area (Å²) in [7, 11) is 3.23. The Balaban J connectivity index is 1.94. The Labute approximate surface area is 179 Å². The van der Waals surface area contributed by atoms with Crippen molar-refractivity contribution in [2.75, 3.05) is 14.2 Å². The van der Waals surface area contributed by atoms with Crippen molar-refractivity contribution in [3.63, 3.8) is 0 Å². The fraction of sp³-hybridized carbons (Fsp3) is 0.115. The summed E-state index contributed by atoms with van der Waals surface area (Å²) in [5.74, 6) is 1.81. The number of benzene rings is 3. The van der Waals surface area contributed by atoms with E-state index in [-0.39, 0.29) is 5.91 Å². The van der Waals surface area contributed by atoms with Gasteiger partial charge in [-0.15, -0.1) is 0 Å². The molecule has 0 bridgehead atoms. The normalized spacial score (nSPS) is 11.2. The summed E-state index contributed by atoms with van der Waals surface area (Å²) in [6, 6.07) is 23.5. The van der Waals surface area contributed by atoms with Crippen LogP contribution in [0.25, 0.3) is 44.5 Å². The Bertz CT molecular complexity index is 1430. The molecule has 0 aliphatic rings. The molecular weight excluding hydrogens is 390 g/mol. The van der Waals surface area contributed by atoms with E-state index in [9.17, 15) is 4.79 Å². The van der Waals surface area contributed by atoms with E-state index < -0.39 is 0 Å². The molecule has 0 atom stereocenters. The molecule has 154 valence electrons. The van der Waals surface area contributed by atoms with Crippen LogP contribution in [0.3, 0.4) is 0 Å². The summed E-state index contributed by atoms with van der Waals surface area (Å²) in [4.78, 5) is 12.7. The van der Waals surface area contributed by atoms with Crippen LogP contribution in [0.15, 0.2) is 77.2 Å². The monoisotopic (exact) mass is 411 g/mol. The SMILES string of the molecule is COc1cc(OC)c2c(-c3ccccc3)c(-c3cc4ccccc4n3C(C)=O)oc2c1. The van der Waals surface area contributed by atoms with Crippen molar-refractivity contribution in [1.82, 2.24) is 4.57 Å². The number of hydrogen-bond donors (Lipinski definition) is 0. The second kappa shape index (κ2) is 7.36. The summed E-state index contributed by atoms with van der Waals surface area (Å²) in [6.45, 7) is 1.56. The molecule has 0 spiro atoms. The average molecular weight is 411 g/mol. The van der Waals surface area contributed by atoms with Crippen molar-refractivity contribution in [2.24, 2.45) is 0 Å². The zero-order valence-corrected chi connectivity index (χ0v) is 17.5. The summed E-state index contributed by atoms with van der Waals surface area (Å²) in [5, 5.41) is 1.81. The van der Waals surface area contributed by atoms with E-state index in [0.29, 0.717) is 28.5 Å². The molecule has 0 saturated carbocycles. The van der Waals surface area contributed by atoms with Gasteiger partial charge < -0.3 is 13.9 Å². The third-order valence-corrected chi connectivity index (χ3v) is 5.50. The van der Waals surface area contributed by atoms with Crippen LogP contribution < -0.4 is 9.47 Å². The van der Waals surface area contributed by atoms with E-state index in [1.54, 1.807) is 25.7 Å². The van der Waals surface area contributed by atoms with Crippen LogP contribution in [0.5, 0.6) is 11.5 Å². The van der Waals surface area contributed by atoms with Gasteiger partial charge in [0.15, 0.2) is 5.76 Å². The van der Waals surface area contributed by atoms with E-state index in [4.69, 9.17) is 13.9 Å². The van der Waals surface area contributed by atoms with E-state index in [1.807, 2.05) is 72.8 Å². The molecular formula is C26H21NO4. The van der Waals surface area contributed by atoms with Crippen molar-refractivity contribution >= 4 is 27.8 Å². The third kappa shape index (κ3) is 2.97. The molecule has 0 N–H and O–H groups in total. The van der Waals surface area contributed by atoms with E-state index >= 15 is 0 Å². The van der Waals surface area contributed by atoms with Gasteiger partial charge in [-0.2, -0.15) is 0 Å². The fourth-order valence-electron chi connectivity index (χ4n) is 4.17. The Morgan fingerprint density at radius 1 is 0.903 bits per heavy atom. The highest BCUT2D eigenvalue weighted by molar-refractivity contribution is 6.08. The number of furan rings is 1. The molecule has 2 heterocycles. The van der Waals surface area contributed by atoms with Crippen LogP contribution in [0.1, 0.15) is 11.7 Å². The van der Waals surface area contributed by atoms with Gasteiger partial charge in [0.2, 0.25) is 5.91 Å². The largest absolute Gasteiger partial charge is 0.496 e. The van der Waals surface area contributed by atoms with E-state index in [1.165, 1.54) is 0 Å². The summed E-state index contributed by atoms with van der Waals surface area (Å²) in [5.41, 5.74) is 4.02. The molecule has 0 fully saturated rings. The molecule has 5 nitrogen and oxygen atoms in total. The lowest BCUT2D eigenvalue weighted by Gasteiger charge is -2.09. The van der Waals surface area contributed by atoms with Gasteiger partial charge in [0.05, 0.1) is 30.8 Å². The first kappa shape index (κ1) is 19.0. The molecule has 5 heteroatoms. The number of methoxy groups -OCH3 is 2. The van der Waals surface area contributed by atoms with Crippen LogP contribution in [-0.2, 0) is 0 Å². The topological polar surface area (TPSA) is 53.6 Å². The number of carbonyl (C=O) groups excluding carboxylic acids is 1. The average Bonchev–Trinajstić information content (AvgIpc) is 3.37.